The van der Waals surface area contributed by atoms with Crippen molar-refractivity contribution in [3.63, 3.8) is 0 Å². The molecule has 0 saturated heterocycles. The molecule has 0 heterocycles. The summed E-state index contributed by atoms with van der Waals surface area (Å²) in [5.41, 5.74) is 5.76. The molecule has 0 aliphatic rings. The fraction of sp³-hybridized carbons (Fsp3) is 0.929. The molecule has 5 heteroatoms. The van der Waals surface area contributed by atoms with Gasteiger partial charge in [-0.15, -0.1) is 24.0 Å². The number of nitrogens with one attached hydrogen (secondary N) is 1. The lowest BCUT2D eigenvalue weighted by atomic mass is 10.2. The molecule has 4 nitrogen and oxygen atoms in total. The molecule has 0 unspecified atom stereocenters. The van der Waals surface area contributed by atoms with E-state index in [0.717, 1.165) is 39.0 Å². The molecule has 0 aromatic carbocycles. The predicted octanol–water partition coefficient (Wildman–Crippen LogP) is 3.29. The molecule has 0 aromatic heterocycles. The van der Waals surface area contributed by atoms with Gasteiger partial charge in [0, 0.05) is 19.7 Å². The molecule has 0 rings (SSSR count). The van der Waals surface area contributed by atoms with E-state index in [2.05, 4.69) is 31.1 Å². The van der Waals surface area contributed by atoms with Crippen molar-refractivity contribution in [1.29, 1.82) is 0 Å². The first kappa shape index (κ1) is 21.3. The highest BCUT2D eigenvalue weighted by Gasteiger charge is 1.94. The van der Waals surface area contributed by atoms with Gasteiger partial charge in [0.2, 0.25) is 0 Å². The summed E-state index contributed by atoms with van der Waals surface area (Å²) < 4.78 is 5.46. The lowest BCUT2D eigenvalue weighted by molar-refractivity contribution is 0.0762. The van der Waals surface area contributed by atoms with Crippen LogP contribution in [0.3, 0.4) is 0 Å². The van der Waals surface area contributed by atoms with Crippen LogP contribution in [-0.4, -0.2) is 31.8 Å². The maximum atomic E-state index is 5.76. The van der Waals surface area contributed by atoms with E-state index in [1.165, 1.54) is 19.3 Å². The van der Waals surface area contributed by atoms with E-state index < -0.39 is 0 Å². The van der Waals surface area contributed by atoms with E-state index in [0.29, 0.717) is 12.1 Å². The number of hydrogen-bond donors (Lipinski definition) is 2. The first-order valence-corrected chi connectivity index (χ1v) is 7.32. The zero-order valence-electron chi connectivity index (χ0n) is 12.8. The maximum Gasteiger partial charge on any atom is 0.188 e. The molecule has 0 amide bonds. The van der Waals surface area contributed by atoms with E-state index in [1.54, 1.807) is 0 Å². The van der Waals surface area contributed by atoms with E-state index >= 15 is 0 Å². The molecular formula is C14H32IN3O. The third-order valence-electron chi connectivity index (χ3n) is 2.62. The van der Waals surface area contributed by atoms with Gasteiger partial charge in [-0.3, -0.25) is 4.99 Å². The SMILES string of the molecule is CCCCCCN=C(N)NCCCCOC(C)C.I. The van der Waals surface area contributed by atoms with Crippen molar-refractivity contribution in [2.45, 2.75) is 65.4 Å². The van der Waals surface area contributed by atoms with Crippen LogP contribution in [0.2, 0.25) is 0 Å². The molecule has 0 saturated carbocycles. The van der Waals surface area contributed by atoms with Gasteiger partial charge in [-0.25, -0.2) is 0 Å². The highest BCUT2D eigenvalue weighted by atomic mass is 127. The Morgan fingerprint density at radius 3 is 2.53 bits per heavy atom. The van der Waals surface area contributed by atoms with Crippen molar-refractivity contribution in [2.24, 2.45) is 10.7 Å². The molecule has 0 aliphatic carbocycles. The van der Waals surface area contributed by atoms with Gasteiger partial charge in [0.15, 0.2) is 5.96 Å². The number of halogens is 1. The van der Waals surface area contributed by atoms with Crippen molar-refractivity contribution < 1.29 is 4.74 Å². The third kappa shape index (κ3) is 18.0. The molecule has 116 valence electrons. The first-order chi connectivity index (χ1) is 8.66. The fourth-order valence-electron chi connectivity index (χ4n) is 1.56. The Kier molecular flexibility index (Phi) is 17.9. The summed E-state index contributed by atoms with van der Waals surface area (Å²) >= 11 is 0. The minimum atomic E-state index is 0. The minimum Gasteiger partial charge on any atom is -0.379 e. The molecule has 0 radical (unpaired) electrons. The van der Waals surface area contributed by atoms with Crippen LogP contribution in [0.15, 0.2) is 4.99 Å². The number of rotatable bonds is 11. The smallest absolute Gasteiger partial charge is 0.188 e. The van der Waals surface area contributed by atoms with Gasteiger partial charge in [0.05, 0.1) is 6.10 Å². The predicted molar refractivity (Wildman–Crippen MR) is 94.4 cm³/mol. The lowest BCUT2D eigenvalue weighted by Crippen LogP contribution is -2.32. The summed E-state index contributed by atoms with van der Waals surface area (Å²) in [6.45, 7) is 8.87. The van der Waals surface area contributed by atoms with Crippen molar-refractivity contribution in [1.82, 2.24) is 5.32 Å². The van der Waals surface area contributed by atoms with Gasteiger partial charge in [-0.05, 0) is 33.1 Å². The van der Waals surface area contributed by atoms with Crippen molar-refractivity contribution in [2.75, 3.05) is 19.7 Å². The second-order valence-corrected chi connectivity index (χ2v) is 4.88. The van der Waals surface area contributed by atoms with Crippen LogP contribution < -0.4 is 11.1 Å². The summed E-state index contributed by atoms with van der Waals surface area (Å²) in [7, 11) is 0. The third-order valence-corrected chi connectivity index (χ3v) is 2.62. The van der Waals surface area contributed by atoms with Gasteiger partial charge in [-0.1, -0.05) is 26.2 Å². The van der Waals surface area contributed by atoms with Gasteiger partial charge >= 0.3 is 0 Å². The highest BCUT2D eigenvalue weighted by molar-refractivity contribution is 14.0. The molecular weight excluding hydrogens is 353 g/mol. The average Bonchev–Trinajstić information content (AvgIpc) is 2.33. The fourth-order valence-corrected chi connectivity index (χ4v) is 1.56. The summed E-state index contributed by atoms with van der Waals surface area (Å²) in [5.74, 6) is 0.580. The number of guanidine groups is 1. The molecule has 19 heavy (non-hydrogen) atoms. The first-order valence-electron chi connectivity index (χ1n) is 7.32. The molecule has 0 aromatic rings. The Balaban J connectivity index is 0. The Bertz CT molecular complexity index is 211. The summed E-state index contributed by atoms with van der Waals surface area (Å²) in [6.07, 6.45) is 7.40. The zero-order valence-corrected chi connectivity index (χ0v) is 15.1. The lowest BCUT2D eigenvalue weighted by Gasteiger charge is -2.08. The topological polar surface area (TPSA) is 59.6 Å². The monoisotopic (exact) mass is 385 g/mol. The quantitative estimate of drug-likeness (QED) is 0.248. The summed E-state index contributed by atoms with van der Waals surface area (Å²) in [4.78, 5) is 4.29. The number of aliphatic imine (C=N–C) groups is 1. The van der Waals surface area contributed by atoms with E-state index in [9.17, 15) is 0 Å². The average molecular weight is 385 g/mol. The van der Waals surface area contributed by atoms with Crippen LogP contribution in [0.4, 0.5) is 0 Å². The highest BCUT2D eigenvalue weighted by Crippen LogP contribution is 1.98. The number of ether oxygens (including phenoxy) is 1. The molecule has 0 bridgehead atoms. The van der Waals surface area contributed by atoms with Crippen LogP contribution in [0.5, 0.6) is 0 Å². The summed E-state index contributed by atoms with van der Waals surface area (Å²) in [6, 6.07) is 0. The van der Waals surface area contributed by atoms with E-state index in [4.69, 9.17) is 10.5 Å². The molecule has 0 aliphatic heterocycles. The second kappa shape index (κ2) is 16.0. The van der Waals surface area contributed by atoms with Crippen molar-refractivity contribution >= 4 is 29.9 Å². The molecule has 0 atom stereocenters. The number of nitrogens with zero attached hydrogens (tertiary/aromatic N) is 1. The minimum absolute atomic E-state index is 0. The Morgan fingerprint density at radius 2 is 1.89 bits per heavy atom. The zero-order chi connectivity index (χ0) is 13.6. The van der Waals surface area contributed by atoms with Gasteiger partial charge in [0.25, 0.3) is 0 Å². The van der Waals surface area contributed by atoms with Crippen molar-refractivity contribution in [3.8, 4) is 0 Å². The number of hydrogen-bond acceptors (Lipinski definition) is 2. The van der Waals surface area contributed by atoms with Gasteiger partial charge in [-0.2, -0.15) is 0 Å². The second-order valence-electron chi connectivity index (χ2n) is 4.88. The van der Waals surface area contributed by atoms with Crippen LogP contribution >= 0.6 is 24.0 Å². The van der Waals surface area contributed by atoms with Crippen molar-refractivity contribution in [3.05, 3.63) is 0 Å². The van der Waals surface area contributed by atoms with Crippen LogP contribution in [0, 0.1) is 0 Å². The Morgan fingerprint density at radius 1 is 1.16 bits per heavy atom. The Labute approximate surface area is 136 Å². The van der Waals surface area contributed by atoms with E-state index in [-0.39, 0.29) is 24.0 Å². The largest absolute Gasteiger partial charge is 0.379 e. The number of unbranched alkanes of at least 4 members (excludes halogenated alkanes) is 4. The Hall–Kier alpha value is -0.0400. The normalized spacial score (nSPS) is 11.5. The standard InChI is InChI=1S/C14H31N3O.HI/c1-4-5-6-7-10-16-14(15)17-11-8-9-12-18-13(2)3;/h13H,4-12H2,1-3H3,(H3,15,16,17);1H. The number of nitrogens with two attached hydrogens (primary N) is 1. The molecule has 0 spiro atoms. The van der Waals surface area contributed by atoms with E-state index in [1.807, 2.05) is 0 Å². The van der Waals surface area contributed by atoms with Gasteiger partial charge < -0.3 is 15.8 Å². The molecule has 0 fully saturated rings. The summed E-state index contributed by atoms with van der Waals surface area (Å²) in [5, 5.41) is 3.13. The van der Waals surface area contributed by atoms with Crippen LogP contribution in [0.25, 0.3) is 0 Å². The van der Waals surface area contributed by atoms with Crippen LogP contribution in [-0.2, 0) is 4.74 Å². The maximum absolute atomic E-state index is 5.76. The molecule has 3 N–H and O–H groups in total. The van der Waals surface area contributed by atoms with Gasteiger partial charge in [0.1, 0.15) is 0 Å². The van der Waals surface area contributed by atoms with Crippen LogP contribution in [0.1, 0.15) is 59.3 Å².